The maximum Gasteiger partial charge on any atom is 0.374 e. The standard InChI is InChI=1S/C13H14N2O2/c1-3-17-13(16)12-14-8-11(15-12)10-6-4-5-9(2)7-10/h4-8H,3H2,1-2H3,(H,14,15). The van der Waals surface area contributed by atoms with Gasteiger partial charge < -0.3 is 9.72 Å². The number of hydrogen-bond donors (Lipinski definition) is 1. The van der Waals surface area contributed by atoms with Crippen LogP contribution in [0.5, 0.6) is 0 Å². The third-order valence-electron chi connectivity index (χ3n) is 2.37. The summed E-state index contributed by atoms with van der Waals surface area (Å²) in [6.45, 7) is 4.13. The molecular formula is C13H14N2O2. The number of aryl methyl sites for hydroxylation is 1. The number of aromatic amines is 1. The molecule has 1 aromatic carbocycles. The highest BCUT2D eigenvalue weighted by Gasteiger charge is 2.11. The van der Waals surface area contributed by atoms with Gasteiger partial charge in [0.15, 0.2) is 0 Å². The van der Waals surface area contributed by atoms with Gasteiger partial charge in [0.2, 0.25) is 5.82 Å². The van der Waals surface area contributed by atoms with Crippen LogP contribution in [-0.4, -0.2) is 22.5 Å². The molecule has 2 aromatic rings. The molecule has 1 aromatic heterocycles. The van der Waals surface area contributed by atoms with E-state index in [0.717, 1.165) is 16.8 Å². The SMILES string of the molecule is CCOC(=O)c1ncc(-c2cccc(C)c2)[nH]1. The van der Waals surface area contributed by atoms with Crippen molar-refractivity contribution in [3.8, 4) is 11.3 Å². The number of benzene rings is 1. The van der Waals surface area contributed by atoms with Crippen LogP contribution in [0.1, 0.15) is 23.1 Å². The van der Waals surface area contributed by atoms with Crippen molar-refractivity contribution in [2.45, 2.75) is 13.8 Å². The first-order valence-corrected chi connectivity index (χ1v) is 5.50. The predicted octanol–water partition coefficient (Wildman–Crippen LogP) is 2.56. The van der Waals surface area contributed by atoms with Crippen molar-refractivity contribution in [1.82, 2.24) is 9.97 Å². The van der Waals surface area contributed by atoms with E-state index in [-0.39, 0.29) is 5.82 Å². The molecule has 4 heteroatoms. The van der Waals surface area contributed by atoms with E-state index in [2.05, 4.69) is 9.97 Å². The zero-order valence-corrected chi connectivity index (χ0v) is 9.86. The van der Waals surface area contributed by atoms with E-state index in [1.165, 1.54) is 0 Å². The molecule has 0 saturated heterocycles. The second kappa shape index (κ2) is 4.82. The molecule has 0 aliphatic heterocycles. The van der Waals surface area contributed by atoms with Gasteiger partial charge in [0, 0.05) is 0 Å². The quantitative estimate of drug-likeness (QED) is 0.824. The maximum atomic E-state index is 11.4. The molecule has 0 saturated carbocycles. The Labute approximate surface area is 99.7 Å². The third-order valence-corrected chi connectivity index (χ3v) is 2.37. The average Bonchev–Trinajstić information content (AvgIpc) is 2.78. The first kappa shape index (κ1) is 11.4. The molecule has 1 heterocycles. The van der Waals surface area contributed by atoms with Gasteiger partial charge in [-0.2, -0.15) is 0 Å². The topological polar surface area (TPSA) is 55.0 Å². The van der Waals surface area contributed by atoms with Gasteiger partial charge in [-0.3, -0.25) is 0 Å². The molecule has 1 N–H and O–H groups in total. The smallest absolute Gasteiger partial charge is 0.374 e. The van der Waals surface area contributed by atoms with E-state index >= 15 is 0 Å². The molecule has 0 spiro atoms. The lowest BCUT2D eigenvalue weighted by Gasteiger charge is -1.99. The Morgan fingerprint density at radius 1 is 1.47 bits per heavy atom. The van der Waals surface area contributed by atoms with Crippen LogP contribution in [0.3, 0.4) is 0 Å². The van der Waals surface area contributed by atoms with Crippen LogP contribution in [0.25, 0.3) is 11.3 Å². The molecule has 0 bridgehead atoms. The minimum absolute atomic E-state index is 0.239. The Kier molecular flexibility index (Phi) is 3.23. The molecule has 0 fully saturated rings. The van der Waals surface area contributed by atoms with Crippen molar-refractivity contribution in [2.75, 3.05) is 6.61 Å². The van der Waals surface area contributed by atoms with Crippen molar-refractivity contribution >= 4 is 5.97 Å². The highest BCUT2D eigenvalue weighted by molar-refractivity contribution is 5.86. The van der Waals surface area contributed by atoms with Gasteiger partial charge in [-0.15, -0.1) is 0 Å². The van der Waals surface area contributed by atoms with E-state index in [9.17, 15) is 4.79 Å². The number of imidazole rings is 1. The highest BCUT2D eigenvalue weighted by Crippen LogP contribution is 2.18. The number of ether oxygens (including phenoxy) is 1. The molecule has 0 atom stereocenters. The van der Waals surface area contributed by atoms with Crippen molar-refractivity contribution < 1.29 is 9.53 Å². The van der Waals surface area contributed by atoms with Crippen molar-refractivity contribution in [1.29, 1.82) is 0 Å². The van der Waals surface area contributed by atoms with Crippen LogP contribution < -0.4 is 0 Å². The van der Waals surface area contributed by atoms with Crippen molar-refractivity contribution in [2.24, 2.45) is 0 Å². The number of hydrogen-bond acceptors (Lipinski definition) is 3. The number of nitrogens with zero attached hydrogens (tertiary/aromatic N) is 1. The molecule has 0 radical (unpaired) electrons. The van der Waals surface area contributed by atoms with Crippen LogP contribution in [0.2, 0.25) is 0 Å². The number of carbonyl (C=O) groups excluding carboxylic acids is 1. The monoisotopic (exact) mass is 230 g/mol. The van der Waals surface area contributed by atoms with E-state index in [4.69, 9.17) is 4.74 Å². The van der Waals surface area contributed by atoms with Gasteiger partial charge in [0.1, 0.15) is 0 Å². The maximum absolute atomic E-state index is 11.4. The number of carbonyl (C=O) groups is 1. The fourth-order valence-corrected chi connectivity index (χ4v) is 1.58. The lowest BCUT2D eigenvalue weighted by Crippen LogP contribution is -2.06. The van der Waals surface area contributed by atoms with E-state index < -0.39 is 5.97 Å². The Hall–Kier alpha value is -2.10. The zero-order chi connectivity index (χ0) is 12.3. The van der Waals surface area contributed by atoms with Gasteiger partial charge in [-0.1, -0.05) is 23.8 Å². The second-order valence-electron chi connectivity index (χ2n) is 3.74. The summed E-state index contributed by atoms with van der Waals surface area (Å²) in [6, 6.07) is 7.99. The average molecular weight is 230 g/mol. The second-order valence-corrected chi connectivity index (χ2v) is 3.74. The van der Waals surface area contributed by atoms with Crippen LogP contribution in [0, 0.1) is 6.92 Å². The van der Waals surface area contributed by atoms with Gasteiger partial charge in [0.25, 0.3) is 0 Å². The molecule has 4 nitrogen and oxygen atoms in total. The van der Waals surface area contributed by atoms with Gasteiger partial charge >= 0.3 is 5.97 Å². The summed E-state index contributed by atoms with van der Waals surface area (Å²) >= 11 is 0. The highest BCUT2D eigenvalue weighted by atomic mass is 16.5. The Morgan fingerprint density at radius 3 is 3.00 bits per heavy atom. The third kappa shape index (κ3) is 2.53. The van der Waals surface area contributed by atoms with E-state index in [0.29, 0.717) is 6.61 Å². The molecule has 0 unspecified atom stereocenters. The van der Waals surface area contributed by atoms with Gasteiger partial charge in [-0.05, 0) is 25.5 Å². The number of rotatable bonds is 3. The van der Waals surface area contributed by atoms with Crippen LogP contribution in [-0.2, 0) is 4.74 Å². The first-order chi connectivity index (χ1) is 8.20. The van der Waals surface area contributed by atoms with Crippen LogP contribution in [0.4, 0.5) is 0 Å². The first-order valence-electron chi connectivity index (χ1n) is 5.50. The molecule has 17 heavy (non-hydrogen) atoms. The minimum atomic E-state index is -0.425. The summed E-state index contributed by atoms with van der Waals surface area (Å²) in [5.41, 5.74) is 2.99. The predicted molar refractivity (Wildman–Crippen MR) is 64.7 cm³/mol. The van der Waals surface area contributed by atoms with Crippen molar-refractivity contribution in [3.05, 3.63) is 41.9 Å². The fourth-order valence-electron chi connectivity index (χ4n) is 1.58. The molecule has 88 valence electrons. The van der Waals surface area contributed by atoms with E-state index in [1.807, 2.05) is 31.2 Å². The number of H-pyrrole nitrogens is 1. The van der Waals surface area contributed by atoms with Crippen LogP contribution in [0.15, 0.2) is 30.5 Å². The normalized spacial score (nSPS) is 10.2. The summed E-state index contributed by atoms with van der Waals surface area (Å²) in [4.78, 5) is 18.4. The molecular weight excluding hydrogens is 216 g/mol. The van der Waals surface area contributed by atoms with Crippen molar-refractivity contribution in [3.63, 3.8) is 0 Å². The van der Waals surface area contributed by atoms with Crippen LogP contribution >= 0.6 is 0 Å². The van der Waals surface area contributed by atoms with Gasteiger partial charge in [0.05, 0.1) is 18.5 Å². The summed E-state index contributed by atoms with van der Waals surface area (Å²) in [5, 5.41) is 0. The van der Waals surface area contributed by atoms with Gasteiger partial charge in [-0.25, -0.2) is 9.78 Å². The summed E-state index contributed by atoms with van der Waals surface area (Å²) in [5.74, 6) is -0.185. The number of nitrogens with one attached hydrogen (secondary N) is 1. The molecule has 0 aliphatic rings. The number of aromatic nitrogens is 2. The Balaban J connectivity index is 2.27. The summed E-state index contributed by atoms with van der Waals surface area (Å²) in [7, 11) is 0. The zero-order valence-electron chi connectivity index (χ0n) is 9.86. The largest absolute Gasteiger partial charge is 0.460 e. The fraction of sp³-hybridized carbons (Fsp3) is 0.231. The Morgan fingerprint density at radius 2 is 2.29 bits per heavy atom. The van der Waals surface area contributed by atoms with E-state index in [1.54, 1.807) is 13.1 Å². The lowest BCUT2D eigenvalue weighted by molar-refractivity contribution is 0.0513. The molecule has 2 rings (SSSR count). The Bertz CT molecular complexity index is 532. The summed E-state index contributed by atoms with van der Waals surface area (Å²) in [6.07, 6.45) is 1.64. The summed E-state index contributed by atoms with van der Waals surface area (Å²) < 4.78 is 4.87. The number of esters is 1. The molecule has 0 amide bonds. The lowest BCUT2D eigenvalue weighted by atomic mass is 10.1. The molecule has 0 aliphatic carbocycles. The minimum Gasteiger partial charge on any atom is -0.460 e.